The molecule has 0 saturated heterocycles. The fourth-order valence-corrected chi connectivity index (χ4v) is 10.4. The molecule has 3 fully saturated rings. The molecular weight excluding hydrogens is 568 g/mol. The second-order valence-electron chi connectivity index (χ2n) is 15.3. The van der Waals surface area contributed by atoms with Crippen LogP contribution < -0.4 is 5.32 Å². The number of nitrogens with one attached hydrogen (secondary N) is 1. The normalized spacial score (nSPS) is 45.4. The molecule has 6 nitrogen and oxygen atoms in total. The van der Waals surface area contributed by atoms with Gasteiger partial charge in [0.2, 0.25) is 0 Å². The summed E-state index contributed by atoms with van der Waals surface area (Å²) in [5.41, 5.74) is -0.729. The van der Waals surface area contributed by atoms with E-state index in [2.05, 4.69) is 61.9 Å². The van der Waals surface area contributed by atoms with Gasteiger partial charge in [-0.25, -0.2) is 4.79 Å². The lowest BCUT2D eigenvalue weighted by molar-refractivity contribution is -0.166. The maximum absolute atomic E-state index is 14.4. The van der Waals surface area contributed by atoms with E-state index in [9.17, 15) is 19.6 Å². The predicted molar refractivity (Wildman–Crippen MR) is 157 cm³/mol. The summed E-state index contributed by atoms with van der Waals surface area (Å²) in [4.78, 5) is 40.3. The fourth-order valence-electron chi connectivity index (χ4n) is 10.2. The largest absolute Gasteiger partial charge is 0.449 e. The number of carbonyl (C=O) groups excluding carboxylic acids is 3. The van der Waals surface area contributed by atoms with Gasteiger partial charge in [0.25, 0.3) is 0 Å². The van der Waals surface area contributed by atoms with Crippen LogP contribution in [0.15, 0.2) is 23.3 Å². The van der Waals surface area contributed by atoms with Gasteiger partial charge in [0.1, 0.15) is 12.7 Å². The van der Waals surface area contributed by atoms with Gasteiger partial charge in [-0.05, 0) is 86.0 Å². The van der Waals surface area contributed by atoms with Crippen LogP contribution in [0.3, 0.4) is 0 Å². The second-order valence-corrected chi connectivity index (χ2v) is 16.1. The Labute approximate surface area is 247 Å². The summed E-state index contributed by atoms with van der Waals surface area (Å²) in [6.45, 7) is 15.6. The first-order chi connectivity index (χ1) is 18.5. The van der Waals surface area contributed by atoms with Crippen molar-refractivity contribution in [2.45, 2.75) is 99.0 Å². The van der Waals surface area contributed by atoms with Crippen LogP contribution in [0.25, 0.3) is 0 Å². The van der Waals surface area contributed by atoms with Gasteiger partial charge in [-0.15, -0.1) is 0 Å². The zero-order chi connectivity index (χ0) is 29.5. The number of hydrogen-bond acceptors (Lipinski definition) is 5. The summed E-state index contributed by atoms with van der Waals surface area (Å²) in [6.07, 6.45) is 9.84. The van der Waals surface area contributed by atoms with E-state index in [1.165, 1.54) is 0 Å². The van der Waals surface area contributed by atoms with E-state index in [0.717, 1.165) is 50.5 Å². The molecule has 0 aromatic heterocycles. The Morgan fingerprint density at radius 2 is 1.75 bits per heavy atom. The summed E-state index contributed by atoms with van der Waals surface area (Å²) in [5.74, 6) is 0.144. The number of alkyl halides is 1. The van der Waals surface area contributed by atoms with Crippen LogP contribution in [-0.4, -0.2) is 35.1 Å². The fraction of sp³-hybridized carbons (Fsp3) is 0.758. The van der Waals surface area contributed by atoms with Crippen LogP contribution in [0, 0.1) is 56.2 Å². The Hall–Kier alpha value is -1.94. The average molecular weight is 614 g/mol. The summed E-state index contributed by atoms with van der Waals surface area (Å²) in [5, 5.41) is 13.7. The van der Waals surface area contributed by atoms with Gasteiger partial charge in [-0.3, -0.25) is 9.59 Å². The van der Waals surface area contributed by atoms with E-state index < -0.39 is 22.5 Å². The Morgan fingerprint density at radius 1 is 1.07 bits per heavy atom. The molecule has 0 aromatic carbocycles. The second kappa shape index (κ2) is 9.28. The van der Waals surface area contributed by atoms with Gasteiger partial charge < -0.3 is 10.1 Å². The van der Waals surface area contributed by atoms with Crippen molar-refractivity contribution >= 4 is 33.6 Å². The molecular formula is C33H45BrN2O4. The molecule has 0 aromatic rings. The minimum absolute atomic E-state index is 0.0384. The minimum atomic E-state index is -0.664. The van der Waals surface area contributed by atoms with Gasteiger partial charge in [0, 0.05) is 27.6 Å². The van der Waals surface area contributed by atoms with Crippen LogP contribution in [0.5, 0.6) is 0 Å². The molecule has 0 heterocycles. The lowest BCUT2D eigenvalue weighted by Gasteiger charge is -2.69. The van der Waals surface area contributed by atoms with E-state index in [1.807, 2.05) is 26.0 Å². The summed E-state index contributed by atoms with van der Waals surface area (Å²) in [6, 6.07) is 2.18. The van der Waals surface area contributed by atoms with Crippen molar-refractivity contribution in [1.82, 2.24) is 5.32 Å². The quantitative estimate of drug-likeness (QED) is 0.343. The Kier molecular flexibility index (Phi) is 6.86. The van der Waals surface area contributed by atoms with Gasteiger partial charge in [0.15, 0.2) is 11.6 Å². The van der Waals surface area contributed by atoms with Gasteiger partial charge in [-0.2, -0.15) is 5.26 Å². The average Bonchev–Trinajstić information content (AvgIpc) is 2.87. The topological polar surface area (TPSA) is 96.3 Å². The number of rotatable bonds is 3. The van der Waals surface area contributed by atoms with Gasteiger partial charge >= 0.3 is 6.09 Å². The first-order valence-corrected chi connectivity index (χ1v) is 16.1. The minimum Gasteiger partial charge on any atom is -0.449 e. The van der Waals surface area contributed by atoms with Crippen LogP contribution in [0.1, 0.15) is 93.4 Å². The summed E-state index contributed by atoms with van der Waals surface area (Å²) in [7, 11) is 0. The van der Waals surface area contributed by atoms with Crippen molar-refractivity contribution in [3.05, 3.63) is 23.3 Å². The zero-order valence-corrected chi connectivity index (χ0v) is 26.8. The molecule has 0 radical (unpaired) electrons. The monoisotopic (exact) mass is 612 g/mol. The van der Waals surface area contributed by atoms with Crippen molar-refractivity contribution in [3.63, 3.8) is 0 Å². The van der Waals surface area contributed by atoms with Crippen LogP contribution in [-0.2, 0) is 14.3 Å². The first kappa shape index (κ1) is 29.5. The van der Waals surface area contributed by atoms with Crippen molar-refractivity contribution in [2.24, 2.45) is 44.8 Å². The Balaban J connectivity index is 1.58. The standard InChI is InChI=1S/C33H45BrN2O4/c1-28(2)23-8-9-32(6)24(31(23,5)17-20(19-35)26(28)38)16-22(37)25-21-18-30(4,36-27(39)40-15-14-34)12-10-29(21,3)11-13-33(25,32)7/h16-17,21,23,25H,8-15,18H2,1-7H3,(H,36,39)/t21-,23-,25-,29+,30-,31-,32+,33+/m0/s1. The Bertz CT molecular complexity index is 1260. The molecule has 40 heavy (non-hydrogen) atoms. The predicted octanol–water partition coefficient (Wildman–Crippen LogP) is 7.08. The van der Waals surface area contributed by atoms with Gasteiger partial charge in [-0.1, -0.05) is 69.1 Å². The lowest BCUT2D eigenvalue weighted by Crippen LogP contribution is -2.65. The van der Waals surface area contributed by atoms with Crippen molar-refractivity contribution < 1.29 is 19.1 Å². The molecule has 0 aliphatic heterocycles. The van der Waals surface area contributed by atoms with Crippen molar-refractivity contribution in [2.75, 3.05) is 11.9 Å². The SMILES string of the molecule is CC1(C)C(=O)C(C#N)=C[C@]2(C)C3=CC(=O)[C@@H]4[C@@H]5C[C@@](C)(NC(=O)OCCBr)CC[C@]5(C)CC[C@@]4(C)[C@]3(C)CC[C@@H]12. The number of nitrogens with zero attached hydrogens (tertiary/aromatic N) is 1. The number of amides is 1. The highest BCUT2D eigenvalue weighted by Gasteiger charge is 2.69. The molecule has 0 bridgehead atoms. The molecule has 218 valence electrons. The number of ether oxygens (including phenoxy) is 1. The smallest absolute Gasteiger partial charge is 0.407 e. The number of allylic oxidation sites excluding steroid dienone is 4. The van der Waals surface area contributed by atoms with E-state index in [0.29, 0.717) is 11.9 Å². The van der Waals surface area contributed by atoms with Crippen molar-refractivity contribution in [3.8, 4) is 6.07 Å². The van der Waals surface area contributed by atoms with Gasteiger partial charge in [0.05, 0.1) is 5.57 Å². The molecule has 5 rings (SSSR count). The maximum atomic E-state index is 14.4. The van der Waals surface area contributed by atoms with E-state index in [-0.39, 0.29) is 51.1 Å². The Morgan fingerprint density at radius 3 is 2.40 bits per heavy atom. The first-order valence-electron chi connectivity index (χ1n) is 15.0. The number of fused-ring (bicyclic) bond motifs is 7. The van der Waals surface area contributed by atoms with Crippen LogP contribution >= 0.6 is 15.9 Å². The molecule has 5 aliphatic rings. The number of hydrogen-bond donors (Lipinski definition) is 1. The molecule has 7 heteroatoms. The third-order valence-electron chi connectivity index (χ3n) is 12.8. The molecule has 1 N–H and O–H groups in total. The van der Waals surface area contributed by atoms with Crippen molar-refractivity contribution in [1.29, 1.82) is 5.26 Å². The number of carbonyl (C=O) groups is 3. The highest BCUT2D eigenvalue weighted by atomic mass is 79.9. The molecule has 3 saturated carbocycles. The van der Waals surface area contributed by atoms with E-state index >= 15 is 0 Å². The van der Waals surface area contributed by atoms with E-state index in [4.69, 9.17) is 4.74 Å². The molecule has 5 aliphatic carbocycles. The maximum Gasteiger partial charge on any atom is 0.407 e. The molecule has 8 atom stereocenters. The molecule has 1 amide bonds. The number of Topliss-reactive ketones (excluding diaryl/α,β-unsaturated/α-hetero) is 1. The number of ketones is 2. The third kappa shape index (κ3) is 3.94. The van der Waals surface area contributed by atoms with Crippen LogP contribution in [0.4, 0.5) is 4.79 Å². The van der Waals surface area contributed by atoms with Crippen LogP contribution in [0.2, 0.25) is 0 Å². The summed E-state index contributed by atoms with van der Waals surface area (Å²) >= 11 is 3.31. The highest BCUT2D eigenvalue weighted by molar-refractivity contribution is 9.09. The summed E-state index contributed by atoms with van der Waals surface area (Å²) < 4.78 is 5.33. The number of halogens is 1. The molecule has 0 spiro atoms. The number of nitriles is 1. The number of alkyl carbamates (subject to hydrolysis) is 1. The molecule has 0 unspecified atom stereocenters. The zero-order valence-electron chi connectivity index (χ0n) is 25.2. The van der Waals surface area contributed by atoms with E-state index in [1.54, 1.807) is 0 Å². The third-order valence-corrected chi connectivity index (χ3v) is 13.1. The lowest BCUT2D eigenvalue weighted by atomic mass is 9.34. The highest BCUT2D eigenvalue weighted by Crippen LogP contribution is 2.74.